The first-order chi connectivity index (χ1) is 10.5. The molecule has 0 heterocycles. The van der Waals surface area contributed by atoms with Gasteiger partial charge >= 0.3 is 6.80 Å². The van der Waals surface area contributed by atoms with E-state index in [1.807, 2.05) is 13.0 Å². The second-order valence-electron chi connectivity index (χ2n) is 4.11. The highest BCUT2D eigenvalue weighted by Crippen LogP contribution is 2.63. The van der Waals surface area contributed by atoms with Crippen LogP contribution in [0.4, 0.5) is 0 Å². The molecule has 1 atom stereocenters. The SMILES string of the molecule is CCCSP(=O)(OCC)OC(=CCl)c1cc(Br)ccc1OC. The van der Waals surface area contributed by atoms with E-state index in [0.29, 0.717) is 23.7 Å². The Hall–Kier alpha value is -0.130. The Labute approximate surface area is 149 Å². The van der Waals surface area contributed by atoms with Gasteiger partial charge in [-0.1, -0.05) is 34.5 Å². The molecule has 4 nitrogen and oxygen atoms in total. The van der Waals surface area contributed by atoms with E-state index in [0.717, 1.165) is 22.3 Å². The van der Waals surface area contributed by atoms with Crippen LogP contribution in [0.2, 0.25) is 0 Å². The van der Waals surface area contributed by atoms with Crippen LogP contribution in [0.3, 0.4) is 0 Å². The Kier molecular flexibility index (Phi) is 8.95. The lowest BCUT2D eigenvalue weighted by molar-refractivity contribution is 0.286. The summed E-state index contributed by atoms with van der Waals surface area (Å²) in [6.45, 7) is 0.734. The van der Waals surface area contributed by atoms with E-state index in [-0.39, 0.29) is 5.76 Å². The highest BCUT2D eigenvalue weighted by atomic mass is 79.9. The first kappa shape index (κ1) is 19.9. The van der Waals surface area contributed by atoms with Crippen LogP contribution in [0.1, 0.15) is 25.8 Å². The fourth-order valence-corrected chi connectivity index (χ4v) is 5.61. The molecule has 124 valence electrons. The summed E-state index contributed by atoms with van der Waals surface area (Å²) in [7, 11) is 1.55. The lowest BCUT2D eigenvalue weighted by atomic mass is 10.2. The highest BCUT2D eigenvalue weighted by Gasteiger charge is 2.29. The van der Waals surface area contributed by atoms with Crippen LogP contribution in [0.15, 0.2) is 28.2 Å². The normalized spacial score (nSPS) is 14.5. The number of ether oxygens (including phenoxy) is 1. The Balaban J connectivity index is 3.10. The number of methoxy groups -OCH3 is 1. The van der Waals surface area contributed by atoms with Crippen LogP contribution < -0.4 is 4.74 Å². The number of rotatable bonds is 9. The number of benzene rings is 1. The van der Waals surface area contributed by atoms with Crippen molar-refractivity contribution in [3.63, 3.8) is 0 Å². The zero-order valence-electron chi connectivity index (χ0n) is 12.7. The van der Waals surface area contributed by atoms with Crippen LogP contribution in [0.25, 0.3) is 5.76 Å². The maximum atomic E-state index is 12.8. The zero-order valence-corrected chi connectivity index (χ0v) is 16.7. The van der Waals surface area contributed by atoms with Gasteiger partial charge < -0.3 is 9.26 Å². The van der Waals surface area contributed by atoms with Gasteiger partial charge in [-0.2, -0.15) is 0 Å². The third kappa shape index (κ3) is 5.82. The smallest absolute Gasteiger partial charge is 0.440 e. The van der Waals surface area contributed by atoms with Crippen molar-refractivity contribution in [1.82, 2.24) is 0 Å². The lowest BCUT2D eigenvalue weighted by Crippen LogP contribution is -1.97. The standard InChI is InChI=1S/C14H19BrClO4PS/c1-4-8-22-21(17,19-5-2)20-14(10-16)12-9-11(15)6-7-13(12)18-3/h6-7,9-10H,4-5,8H2,1-3H3. The summed E-state index contributed by atoms with van der Waals surface area (Å²) in [4.78, 5) is 0. The second kappa shape index (κ2) is 9.89. The van der Waals surface area contributed by atoms with Crippen molar-refractivity contribution in [3.8, 4) is 5.75 Å². The Morgan fingerprint density at radius 2 is 2.18 bits per heavy atom. The lowest BCUT2D eigenvalue weighted by Gasteiger charge is -2.20. The molecule has 0 aliphatic heterocycles. The molecule has 1 unspecified atom stereocenters. The van der Waals surface area contributed by atoms with Crippen molar-refractivity contribution in [2.24, 2.45) is 0 Å². The fourth-order valence-electron chi connectivity index (χ4n) is 1.57. The van der Waals surface area contributed by atoms with Gasteiger partial charge in [-0.25, -0.2) is 4.57 Å². The minimum atomic E-state index is -3.33. The van der Waals surface area contributed by atoms with E-state index >= 15 is 0 Å². The summed E-state index contributed by atoms with van der Waals surface area (Å²) in [5.41, 5.74) is 1.84. The largest absolute Gasteiger partial charge is 0.496 e. The monoisotopic (exact) mass is 428 g/mol. The van der Waals surface area contributed by atoms with Gasteiger partial charge in [-0.3, -0.25) is 4.52 Å². The van der Waals surface area contributed by atoms with E-state index in [4.69, 9.17) is 25.4 Å². The molecule has 0 saturated heterocycles. The highest BCUT2D eigenvalue weighted by molar-refractivity contribution is 9.10. The van der Waals surface area contributed by atoms with Crippen molar-refractivity contribution >= 4 is 51.5 Å². The summed E-state index contributed by atoms with van der Waals surface area (Å²) >= 11 is 10.4. The average Bonchev–Trinajstić information content (AvgIpc) is 2.51. The molecule has 0 radical (unpaired) electrons. The molecule has 0 N–H and O–H groups in total. The van der Waals surface area contributed by atoms with Gasteiger partial charge in [0.1, 0.15) is 5.75 Å². The van der Waals surface area contributed by atoms with E-state index in [1.165, 1.54) is 5.54 Å². The maximum Gasteiger partial charge on any atom is 0.440 e. The van der Waals surface area contributed by atoms with Crippen LogP contribution in [0, 0.1) is 0 Å². The van der Waals surface area contributed by atoms with Crippen molar-refractivity contribution in [1.29, 1.82) is 0 Å². The zero-order chi connectivity index (χ0) is 16.6. The van der Waals surface area contributed by atoms with Gasteiger partial charge in [0.2, 0.25) is 0 Å². The Morgan fingerprint density at radius 3 is 2.73 bits per heavy atom. The van der Waals surface area contributed by atoms with E-state index in [1.54, 1.807) is 26.2 Å². The fraction of sp³-hybridized carbons (Fsp3) is 0.429. The van der Waals surface area contributed by atoms with Crippen molar-refractivity contribution in [2.45, 2.75) is 20.3 Å². The van der Waals surface area contributed by atoms with Crippen LogP contribution in [-0.4, -0.2) is 19.5 Å². The third-order valence-electron chi connectivity index (χ3n) is 2.48. The van der Waals surface area contributed by atoms with Crippen LogP contribution in [0.5, 0.6) is 5.75 Å². The first-order valence-corrected chi connectivity index (χ1v) is 11.1. The van der Waals surface area contributed by atoms with E-state index in [2.05, 4.69) is 15.9 Å². The van der Waals surface area contributed by atoms with Gasteiger partial charge in [0.25, 0.3) is 0 Å². The average molecular weight is 430 g/mol. The molecule has 22 heavy (non-hydrogen) atoms. The molecule has 0 bridgehead atoms. The molecule has 1 rings (SSSR count). The third-order valence-corrected chi connectivity index (χ3v) is 7.11. The quantitative estimate of drug-likeness (QED) is 0.340. The molecule has 0 aliphatic carbocycles. The van der Waals surface area contributed by atoms with Crippen molar-refractivity contribution in [3.05, 3.63) is 33.8 Å². The Morgan fingerprint density at radius 1 is 1.45 bits per heavy atom. The molecule has 0 aromatic heterocycles. The minimum absolute atomic E-state index is 0.250. The minimum Gasteiger partial charge on any atom is -0.496 e. The van der Waals surface area contributed by atoms with E-state index < -0.39 is 6.80 Å². The number of hydrogen-bond acceptors (Lipinski definition) is 5. The predicted octanol–water partition coefficient (Wildman–Crippen LogP) is 6.30. The van der Waals surface area contributed by atoms with Crippen molar-refractivity contribution < 1.29 is 18.3 Å². The summed E-state index contributed by atoms with van der Waals surface area (Å²) in [5.74, 6) is 1.49. The summed E-state index contributed by atoms with van der Waals surface area (Å²) in [5, 5.41) is 0. The maximum absolute atomic E-state index is 12.8. The predicted molar refractivity (Wildman–Crippen MR) is 97.6 cm³/mol. The van der Waals surface area contributed by atoms with Gasteiger partial charge in [-0.15, -0.1) is 0 Å². The summed E-state index contributed by atoms with van der Waals surface area (Å²) < 4.78 is 29.9. The second-order valence-corrected chi connectivity index (χ2v) is 9.36. The molecule has 0 saturated carbocycles. The molecular weight excluding hydrogens is 411 g/mol. The molecule has 1 aromatic rings. The van der Waals surface area contributed by atoms with Gasteiger partial charge in [-0.05, 0) is 42.9 Å². The molecule has 0 fully saturated rings. The Bertz CT molecular complexity index is 568. The van der Waals surface area contributed by atoms with Crippen LogP contribution >= 0.6 is 45.7 Å². The summed E-state index contributed by atoms with van der Waals surface area (Å²) in [6, 6.07) is 5.39. The summed E-state index contributed by atoms with van der Waals surface area (Å²) in [6.07, 6.45) is 0.866. The van der Waals surface area contributed by atoms with Gasteiger partial charge in [0.05, 0.1) is 19.3 Å². The molecular formula is C14H19BrClO4PS. The molecule has 8 heteroatoms. The molecule has 1 aromatic carbocycles. The van der Waals surface area contributed by atoms with Gasteiger partial charge in [0, 0.05) is 15.8 Å². The topological polar surface area (TPSA) is 44.8 Å². The van der Waals surface area contributed by atoms with Crippen molar-refractivity contribution in [2.75, 3.05) is 19.5 Å². The molecule has 0 spiro atoms. The first-order valence-electron chi connectivity index (χ1n) is 6.72. The van der Waals surface area contributed by atoms with Crippen LogP contribution in [-0.2, 0) is 13.6 Å². The number of halogens is 2. The molecule has 0 aliphatic rings. The van der Waals surface area contributed by atoms with Gasteiger partial charge in [0.15, 0.2) is 5.76 Å². The number of hydrogen-bond donors (Lipinski definition) is 0. The molecule has 0 amide bonds. The van der Waals surface area contributed by atoms with E-state index in [9.17, 15) is 4.57 Å².